The van der Waals surface area contributed by atoms with Gasteiger partial charge in [0.25, 0.3) is 5.69 Å². The van der Waals surface area contributed by atoms with E-state index < -0.39 is 16.7 Å². The number of rotatable bonds is 4. The molecule has 0 amide bonds. The number of para-hydroxylation sites is 2. The van der Waals surface area contributed by atoms with Crippen molar-refractivity contribution >= 4 is 34.9 Å². The molecule has 0 radical (unpaired) electrons. The third-order valence-electron chi connectivity index (χ3n) is 2.98. The van der Waals surface area contributed by atoms with E-state index in [9.17, 15) is 23.3 Å². The highest BCUT2D eigenvalue weighted by Gasteiger charge is 2.33. The van der Waals surface area contributed by atoms with Crippen molar-refractivity contribution in [2.45, 2.75) is 6.18 Å². The molecule has 0 atom stereocenters. The highest BCUT2D eigenvalue weighted by Crippen LogP contribution is 2.34. The first-order valence-electron chi connectivity index (χ1n) is 6.79. The highest BCUT2D eigenvalue weighted by atomic mass is 32.1. The second kappa shape index (κ2) is 7.71. The van der Waals surface area contributed by atoms with Crippen LogP contribution in [0.4, 0.5) is 24.5 Å². The third kappa shape index (κ3) is 4.98. The number of benzene rings is 2. The summed E-state index contributed by atoms with van der Waals surface area (Å²) >= 11 is 4.88. The summed E-state index contributed by atoms with van der Waals surface area (Å²) in [6, 6.07) is 10.7. The van der Waals surface area contributed by atoms with E-state index in [-0.39, 0.29) is 22.1 Å². The van der Waals surface area contributed by atoms with E-state index in [1.54, 1.807) is 6.07 Å². The van der Waals surface area contributed by atoms with Crippen LogP contribution in [0.25, 0.3) is 0 Å². The van der Waals surface area contributed by atoms with Gasteiger partial charge in [-0.3, -0.25) is 15.5 Å². The van der Waals surface area contributed by atoms with E-state index in [1.165, 1.54) is 36.4 Å². The molecule has 0 spiro atoms. The van der Waals surface area contributed by atoms with Gasteiger partial charge in [-0.2, -0.15) is 18.3 Å². The van der Waals surface area contributed by atoms with Crippen LogP contribution in [0.2, 0.25) is 0 Å². The van der Waals surface area contributed by atoms with Crippen LogP contribution in [0.15, 0.2) is 53.6 Å². The number of nitrogens with zero attached hydrogens (tertiary/aromatic N) is 2. The van der Waals surface area contributed by atoms with E-state index >= 15 is 0 Å². The molecule has 0 fully saturated rings. The van der Waals surface area contributed by atoms with E-state index in [2.05, 4.69) is 15.8 Å². The fraction of sp³-hybridized carbons (Fsp3) is 0.0667. The minimum absolute atomic E-state index is 0.158. The predicted molar refractivity (Wildman–Crippen MR) is 91.5 cm³/mol. The number of nitro groups is 1. The summed E-state index contributed by atoms with van der Waals surface area (Å²) in [5.41, 5.74) is 1.29. The van der Waals surface area contributed by atoms with E-state index in [0.717, 1.165) is 12.3 Å². The number of alkyl halides is 3. The molecule has 0 saturated heterocycles. The monoisotopic (exact) mass is 368 g/mol. The largest absolute Gasteiger partial charge is 0.418 e. The summed E-state index contributed by atoms with van der Waals surface area (Å²) in [5.74, 6) is 0. The molecule has 6 nitrogen and oxygen atoms in total. The zero-order chi connectivity index (χ0) is 18.4. The van der Waals surface area contributed by atoms with Gasteiger partial charge in [-0.1, -0.05) is 24.3 Å². The summed E-state index contributed by atoms with van der Waals surface area (Å²) in [7, 11) is 0. The Balaban J connectivity index is 2.07. The third-order valence-corrected chi connectivity index (χ3v) is 3.18. The minimum atomic E-state index is -4.53. The fourth-order valence-electron chi connectivity index (χ4n) is 1.91. The lowest BCUT2D eigenvalue weighted by atomic mass is 10.2. The zero-order valence-electron chi connectivity index (χ0n) is 12.4. The zero-order valence-corrected chi connectivity index (χ0v) is 13.3. The van der Waals surface area contributed by atoms with Crippen LogP contribution in [-0.4, -0.2) is 16.3 Å². The molecule has 0 aliphatic rings. The van der Waals surface area contributed by atoms with Crippen LogP contribution in [0.1, 0.15) is 11.1 Å². The lowest BCUT2D eigenvalue weighted by Gasteiger charge is -2.14. The second-order valence-electron chi connectivity index (χ2n) is 4.68. The molecule has 2 N–H and O–H groups in total. The van der Waals surface area contributed by atoms with Crippen molar-refractivity contribution in [2.75, 3.05) is 5.32 Å². The first-order chi connectivity index (χ1) is 11.8. The Kier molecular flexibility index (Phi) is 5.65. The van der Waals surface area contributed by atoms with Crippen LogP contribution in [0.5, 0.6) is 0 Å². The first-order valence-corrected chi connectivity index (χ1v) is 7.19. The summed E-state index contributed by atoms with van der Waals surface area (Å²) < 4.78 is 38.7. The van der Waals surface area contributed by atoms with Gasteiger partial charge in [0.1, 0.15) is 0 Å². The number of nitrogens with one attached hydrogen (secondary N) is 2. The Morgan fingerprint density at radius 3 is 2.48 bits per heavy atom. The Labute approximate surface area is 145 Å². The quantitative estimate of drug-likeness (QED) is 0.370. The molecule has 0 aliphatic heterocycles. The van der Waals surface area contributed by atoms with Crippen LogP contribution in [0.3, 0.4) is 0 Å². The Morgan fingerprint density at radius 1 is 1.16 bits per heavy atom. The van der Waals surface area contributed by atoms with Crippen molar-refractivity contribution in [3.63, 3.8) is 0 Å². The Morgan fingerprint density at radius 2 is 1.80 bits per heavy atom. The summed E-state index contributed by atoms with van der Waals surface area (Å²) in [6.07, 6.45) is -3.38. The van der Waals surface area contributed by atoms with Gasteiger partial charge < -0.3 is 5.32 Å². The molecule has 0 bridgehead atoms. The maximum Gasteiger partial charge on any atom is 0.418 e. The molecule has 2 rings (SSSR count). The van der Waals surface area contributed by atoms with Crippen LogP contribution in [0, 0.1) is 10.1 Å². The standard InChI is InChI=1S/C15H11F3N4O2S/c16-15(17,18)11-6-2-3-7-12(11)20-14(25)21-19-9-10-5-1-4-8-13(10)22(23)24/h1-9H,(H2,20,21,25)/b19-9-. The smallest absolute Gasteiger partial charge is 0.331 e. The number of hydrogen-bond donors (Lipinski definition) is 2. The Bertz CT molecular complexity index is 824. The number of halogens is 3. The number of hydrogen-bond acceptors (Lipinski definition) is 4. The van der Waals surface area contributed by atoms with Gasteiger partial charge in [0, 0.05) is 6.07 Å². The van der Waals surface area contributed by atoms with E-state index in [1.807, 2.05) is 0 Å². The number of thiocarbonyl (C=S) groups is 1. The van der Waals surface area contributed by atoms with Crippen molar-refractivity contribution in [1.29, 1.82) is 0 Å². The molecule has 0 aliphatic carbocycles. The number of anilines is 1. The SMILES string of the molecule is O=[N+]([O-])c1ccccc1/C=N\NC(=S)Nc1ccccc1C(F)(F)F. The molecule has 2 aromatic rings. The molecule has 0 heterocycles. The number of nitro benzene ring substituents is 1. The second-order valence-corrected chi connectivity index (χ2v) is 5.09. The van der Waals surface area contributed by atoms with Crippen molar-refractivity contribution in [2.24, 2.45) is 5.10 Å². The topological polar surface area (TPSA) is 79.6 Å². The number of hydrazone groups is 1. The lowest BCUT2D eigenvalue weighted by Crippen LogP contribution is -2.25. The predicted octanol–water partition coefficient (Wildman–Crippen LogP) is 3.93. The average molecular weight is 368 g/mol. The van der Waals surface area contributed by atoms with Crippen LogP contribution >= 0.6 is 12.2 Å². The normalized spacial score (nSPS) is 11.3. The maximum absolute atomic E-state index is 12.9. The highest BCUT2D eigenvalue weighted by molar-refractivity contribution is 7.80. The van der Waals surface area contributed by atoms with Gasteiger partial charge in [-0.05, 0) is 30.4 Å². The average Bonchev–Trinajstić information content (AvgIpc) is 2.54. The van der Waals surface area contributed by atoms with E-state index in [0.29, 0.717) is 0 Å². The summed E-state index contributed by atoms with van der Waals surface area (Å²) in [5, 5.41) is 16.8. The molecule has 25 heavy (non-hydrogen) atoms. The van der Waals surface area contributed by atoms with Gasteiger partial charge in [-0.15, -0.1) is 0 Å². The molecule has 0 saturated carbocycles. The first kappa shape index (κ1) is 18.3. The molecule has 0 aromatic heterocycles. The molecule has 2 aromatic carbocycles. The molecule has 10 heteroatoms. The molecular formula is C15H11F3N4O2S. The van der Waals surface area contributed by atoms with Gasteiger partial charge >= 0.3 is 6.18 Å². The van der Waals surface area contributed by atoms with Gasteiger partial charge in [0.15, 0.2) is 5.11 Å². The van der Waals surface area contributed by atoms with Crippen molar-refractivity contribution in [3.05, 3.63) is 69.8 Å². The summed E-state index contributed by atoms with van der Waals surface area (Å²) in [6.45, 7) is 0. The van der Waals surface area contributed by atoms with Gasteiger partial charge in [-0.25, -0.2) is 0 Å². The minimum Gasteiger partial charge on any atom is -0.331 e. The van der Waals surface area contributed by atoms with Crippen LogP contribution in [-0.2, 0) is 6.18 Å². The van der Waals surface area contributed by atoms with Crippen molar-refractivity contribution in [1.82, 2.24) is 5.43 Å². The fourth-order valence-corrected chi connectivity index (χ4v) is 2.08. The van der Waals surface area contributed by atoms with Crippen LogP contribution < -0.4 is 10.7 Å². The lowest BCUT2D eigenvalue weighted by molar-refractivity contribution is -0.385. The molecule has 130 valence electrons. The maximum atomic E-state index is 12.9. The molecular weight excluding hydrogens is 357 g/mol. The van der Waals surface area contributed by atoms with Gasteiger partial charge in [0.2, 0.25) is 0 Å². The van der Waals surface area contributed by atoms with E-state index in [4.69, 9.17) is 12.2 Å². The van der Waals surface area contributed by atoms with Gasteiger partial charge in [0.05, 0.1) is 28.0 Å². The summed E-state index contributed by atoms with van der Waals surface area (Å²) in [4.78, 5) is 10.3. The molecule has 0 unspecified atom stereocenters. The van der Waals surface area contributed by atoms with Crippen molar-refractivity contribution < 1.29 is 18.1 Å². The van der Waals surface area contributed by atoms with Crippen molar-refractivity contribution in [3.8, 4) is 0 Å². The Hall–Kier alpha value is -3.01.